The van der Waals surface area contributed by atoms with Crippen LogP contribution in [-0.2, 0) is 0 Å². The second-order valence-electron chi connectivity index (χ2n) is 4.27. The molecular weight excluding hydrogens is 160 g/mol. The molecule has 2 unspecified atom stereocenters. The van der Waals surface area contributed by atoms with Crippen molar-refractivity contribution in [3.05, 3.63) is 0 Å². The maximum Gasteiger partial charge on any atom is 0.0648 e. The summed E-state index contributed by atoms with van der Waals surface area (Å²) in [7, 11) is 0. The van der Waals surface area contributed by atoms with Crippen molar-refractivity contribution in [2.24, 2.45) is 5.92 Å². The smallest absolute Gasteiger partial charge is 0.0648 e. The molecule has 0 amide bonds. The summed E-state index contributed by atoms with van der Waals surface area (Å²) in [5.74, 6) is 6.45. The molecule has 1 heteroatoms. The lowest BCUT2D eigenvalue weighted by Crippen LogP contribution is -2.37. The maximum atomic E-state index is 10.1. The van der Waals surface area contributed by atoms with E-state index < -0.39 is 5.60 Å². The minimum Gasteiger partial charge on any atom is -0.390 e. The molecule has 0 heterocycles. The standard InChI is InChI=1S/C12H20O/c1-3-4-5-8-11-9-6-7-10-12(11,2)13/h11,13H,5-10H2,1-2H3. The van der Waals surface area contributed by atoms with Gasteiger partial charge in [0.15, 0.2) is 0 Å². The SMILES string of the molecule is CC#CCCC1CCCCC1(C)O. The Hall–Kier alpha value is -0.480. The molecule has 74 valence electrons. The zero-order valence-electron chi connectivity index (χ0n) is 8.77. The molecule has 1 aliphatic rings. The third-order valence-corrected chi connectivity index (χ3v) is 3.16. The van der Waals surface area contributed by atoms with Crippen LogP contribution >= 0.6 is 0 Å². The van der Waals surface area contributed by atoms with Crippen LogP contribution in [0.1, 0.15) is 52.4 Å². The minimum absolute atomic E-state index is 0.423. The molecule has 1 rings (SSSR count). The van der Waals surface area contributed by atoms with E-state index in [0.29, 0.717) is 5.92 Å². The molecule has 1 saturated carbocycles. The Labute approximate surface area is 81.5 Å². The molecule has 0 saturated heterocycles. The van der Waals surface area contributed by atoms with Crippen molar-refractivity contribution >= 4 is 0 Å². The predicted octanol–water partition coefficient (Wildman–Crippen LogP) is 2.73. The van der Waals surface area contributed by atoms with Gasteiger partial charge in [0.1, 0.15) is 0 Å². The first-order chi connectivity index (χ1) is 6.17. The number of rotatable bonds is 2. The number of hydrogen-bond acceptors (Lipinski definition) is 1. The first kappa shape index (κ1) is 10.6. The van der Waals surface area contributed by atoms with Gasteiger partial charge in [-0.1, -0.05) is 12.8 Å². The summed E-state index contributed by atoms with van der Waals surface area (Å²) in [4.78, 5) is 0. The van der Waals surface area contributed by atoms with Crippen molar-refractivity contribution in [2.45, 2.75) is 58.0 Å². The number of aliphatic hydroxyl groups is 1. The summed E-state index contributed by atoms with van der Waals surface area (Å²) in [6, 6.07) is 0. The van der Waals surface area contributed by atoms with Gasteiger partial charge in [-0.2, -0.15) is 0 Å². The third-order valence-electron chi connectivity index (χ3n) is 3.16. The summed E-state index contributed by atoms with van der Waals surface area (Å²) < 4.78 is 0. The lowest BCUT2D eigenvalue weighted by molar-refractivity contribution is -0.0342. The second-order valence-corrected chi connectivity index (χ2v) is 4.27. The van der Waals surface area contributed by atoms with Crippen LogP contribution in [0.25, 0.3) is 0 Å². The highest BCUT2D eigenvalue weighted by atomic mass is 16.3. The topological polar surface area (TPSA) is 20.2 Å². The van der Waals surface area contributed by atoms with Gasteiger partial charge in [-0.05, 0) is 39.0 Å². The van der Waals surface area contributed by atoms with Gasteiger partial charge in [0, 0.05) is 6.42 Å². The third kappa shape index (κ3) is 3.04. The fourth-order valence-corrected chi connectivity index (χ4v) is 2.22. The van der Waals surface area contributed by atoms with Crippen LogP contribution < -0.4 is 0 Å². The van der Waals surface area contributed by atoms with Crippen molar-refractivity contribution in [3.63, 3.8) is 0 Å². The van der Waals surface area contributed by atoms with E-state index in [9.17, 15) is 5.11 Å². The Morgan fingerprint density at radius 3 is 2.85 bits per heavy atom. The molecule has 0 radical (unpaired) electrons. The molecule has 0 aromatic heterocycles. The van der Waals surface area contributed by atoms with Gasteiger partial charge in [0.25, 0.3) is 0 Å². The lowest BCUT2D eigenvalue weighted by Gasteiger charge is -2.36. The fourth-order valence-electron chi connectivity index (χ4n) is 2.22. The van der Waals surface area contributed by atoms with Gasteiger partial charge in [0.05, 0.1) is 5.60 Å². The monoisotopic (exact) mass is 180 g/mol. The molecule has 0 spiro atoms. The van der Waals surface area contributed by atoms with Crippen molar-refractivity contribution in [3.8, 4) is 11.8 Å². The molecule has 0 aromatic carbocycles. The summed E-state index contributed by atoms with van der Waals surface area (Å²) in [6.07, 6.45) is 6.62. The Morgan fingerprint density at radius 1 is 1.46 bits per heavy atom. The normalized spacial score (nSPS) is 33.6. The van der Waals surface area contributed by atoms with Crippen molar-refractivity contribution in [1.82, 2.24) is 0 Å². The molecule has 1 aliphatic carbocycles. The summed E-state index contributed by atoms with van der Waals surface area (Å²) in [5.41, 5.74) is -0.423. The summed E-state index contributed by atoms with van der Waals surface area (Å²) in [5, 5.41) is 10.1. The Bertz CT molecular complexity index is 207. The molecule has 1 fully saturated rings. The Balaban J connectivity index is 2.40. The van der Waals surface area contributed by atoms with Crippen molar-refractivity contribution in [2.75, 3.05) is 0 Å². The second kappa shape index (κ2) is 4.67. The quantitative estimate of drug-likeness (QED) is 0.648. The molecule has 1 nitrogen and oxygen atoms in total. The van der Waals surface area contributed by atoms with Gasteiger partial charge in [-0.25, -0.2) is 0 Å². The van der Waals surface area contributed by atoms with E-state index >= 15 is 0 Å². The molecule has 0 aromatic rings. The van der Waals surface area contributed by atoms with E-state index in [0.717, 1.165) is 19.3 Å². The highest BCUT2D eigenvalue weighted by Crippen LogP contribution is 2.35. The number of hydrogen-bond donors (Lipinski definition) is 1. The molecule has 1 N–H and O–H groups in total. The highest BCUT2D eigenvalue weighted by molar-refractivity contribution is 4.97. The first-order valence-electron chi connectivity index (χ1n) is 5.29. The van der Waals surface area contributed by atoms with E-state index in [-0.39, 0.29) is 0 Å². The van der Waals surface area contributed by atoms with Gasteiger partial charge in [0.2, 0.25) is 0 Å². The van der Waals surface area contributed by atoms with E-state index in [2.05, 4.69) is 11.8 Å². The van der Waals surface area contributed by atoms with E-state index in [1.807, 2.05) is 13.8 Å². The van der Waals surface area contributed by atoms with E-state index in [1.54, 1.807) is 0 Å². The zero-order valence-corrected chi connectivity index (χ0v) is 8.77. The van der Waals surface area contributed by atoms with Crippen LogP contribution in [0.4, 0.5) is 0 Å². The van der Waals surface area contributed by atoms with Crippen LogP contribution in [-0.4, -0.2) is 10.7 Å². The molecule has 2 atom stereocenters. The van der Waals surface area contributed by atoms with Crippen molar-refractivity contribution < 1.29 is 5.11 Å². The summed E-state index contributed by atoms with van der Waals surface area (Å²) in [6.45, 7) is 3.86. The lowest BCUT2D eigenvalue weighted by atomic mass is 9.74. The Kier molecular flexibility index (Phi) is 3.81. The van der Waals surface area contributed by atoms with Crippen LogP contribution in [0.2, 0.25) is 0 Å². The van der Waals surface area contributed by atoms with Gasteiger partial charge in [-0.15, -0.1) is 11.8 Å². The van der Waals surface area contributed by atoms with Gasteiger partial charge >= 0.3 is 0 Å². The molecular formula is C12H20O. The van der Waals surface area contributed by atoms with E-state index in [4.69, 9.17) is 0 Å². The maximum absolute atomic E-state index is 10.1. The Morgan fingerprint density at radius 2 is 2.23 bits per heavy atom. The average Bonchev–Trinajstić information content (AvgIpc) is 2.08. The largest absolute Gasteiger partial charge is 0.390 e. The van der Waals surface area contributed by atoms with Gasteiger partial charge < -0.3 is 5.11 Å². The molecule has 13 heavy (non-hydrogen) atoms. The molecule has 0 bridgehead atoms. The first-order valence-corrected chi connectivity index (χ1v) is 5.29. The molecule has 0 aliphatic heterocycles. The minimum atomic E-state index is -0.423. The zero-order chi connectivity index (χ0) is 9.73. The van der Waals surface area contributed by atoms with Crippen LogP contribution in [0.15, 0.2) is 0 Å². The van der Waals surface area contributed by atoms with Gasteiger partial charge in [-0.3, -0.25) is 0 Å². The van der Waals surface area contributed by atoms with Crippen molar-refractivity contribution in [1.29, 1.82) is 0 Å². The van der Waals surface area contributed by atoms with Crippen LogP contribution in [0.3, 0.4) is 0 Å². The van der Waals surface area contributed by atoms with Crippen LogP contribution in [0, 0.1) is 17.8 Å². The highest BCUT2D eigenvalue weighted by Gasteiger charge is 2.33. The van der Waals surface area contributed by atoms with E-state index in [1.165, 1.54) is 19.3 Å². The predicted molar refractivity (Wildman–Crippen MR) is 55.3 cm³/mol. The summed E-state index contributed by atoms with van der Waals surface area (Å²) >= 11 is 0. The fraction of sp³-hybridized carbons (Fsp3) is 0.833. The van der Waals surface area contributed by atoms with Crippen LogP contribution in [0.5, 0.6) is 0 Å². The average molecular weight is 180 g/mol.